The molecule has 3 rings (SSSR count). The molecular weight excluding hydrogens is 345 g/mol. The Bertz CT molecular complexity index is 780. The fourth-order valence-corrected chi connectivity index (χ4v) is 2.63. The third-order valence-electron chi connectivity index (χ3n) is 5.44. The van der Waals surface area contributed by atoms with Gasteiger partial charge in [-0.3, -0.25) is 4.84 Å². The molecule has 1 aliphatic rings. The lowest BCUT2D eigenvalue weighted by Gasteiger charge is -2.38. The molecule has 0 radical (unpaired) electrons. The first kappa shape index (κ1) is 19.8. The molecule has 1 fully saturated rings. The summed E-state index contributed by atoms with van der Waals surface area (Å²) in [6.07, 6.45) is 1.52. The van der Waals surface area contributed by atoms with Gasteiger partial charge >= 0.3 is 0 Å². The summed E-state index contributed by atoms with van der Waals surface area (Å²) in [4.78, 5) is 5.79. The summed E-state index contributed by atoms with van der Waals surface area (Å²) in [6, 6.07) is 14.9. The van der Waals surface area contributed by atoms with Crippen molar-refractivity contribution in [1.29, 1.82) is 0 Å². The van der Waals surface area contributed by atoms with Crippen LogP contribution in [-0.2, 0) is 17.0 Å². The van der Waals surface area contributed by atoms with Crippen LogP contribution in [0.2, 0.25) is 0 Å². The van der Waals surface area contributed by atoms with Crippen LogP contribution < -0.4 is 10.2 Å². The van der Waals surface area contributed by atoms with Crippen LogP contribution in [0.3, 0.4) is 0 Å². The Morgan fingerprint density at radius 1 is 1.04 bits per heavy atom. The van der Waals surface area contributed by atoms with Gasteiger partial charge < -0.3 is 9.84 Å². The Labute approximate surface area is 160 Å². The van der Waals surface area contributed by atoms with Gasteiger partial charge in [0.1, 0.15) is 12.2 Å². The highest BCUT2D eigenvalue weighted by Crippen LogP contribution is 2.48. The van der Waals surface area contributed by atoms with E-state index in [9.17, 15) is 5.11 Å². The van der Waals surface area contributed by atoms with E-state index in [-0.39, 0.29) is 11.6 Å². The average Bonchev–Trinajstić information content (AvgIpc) is 3.40. The van der Waals surface area contributed by atoms with E-state index in [1.165, 1.54) is 0 Å². The normalized spacial score (nSPS) is 16.2. The summed E-state index contributed by atoms with van der Waals surface area (Å²) >= 11 is 0. The molecule has 27 heavy (non-hydrogen) atoms. The van der Waals surface area contributed by atoms with Crippen LogP contribution in [0.25, 0.3) is 0 Å². The molecule has 0 amide bonds. The molecule has 0 saturated heterocycles. The van der Waals surface area contributed by atoms with E-state index in [1.807, 2.05) is 30.3 Å². The molecule has 1 aliphatic carbocycles. The molecule has 0 bridgehead atoms. The maximum Gasteiger partial charge on any atom is 0.170 e. The number of hydrogen-bond donors (Lipinski definition) is 2. The predicted octanol–water partition coefficient (Wildman–Crippen LogP) is 4.46. The van der Waals surface area contributed by atoms with Gasteiger partial charge in [0.05, 0.1) is 11.1 Å². The first-order valence-electron chi connectivity index (χ1n) is 9.28. The van der Waals surface area contributed by atoms with Crippen molar-refractivity contribution in [3.8, 4) is 5.75 Å². The SMILES string of the molecule is CC(C)(O)C(C)(C)ONC1(c2cccc(OCc3ccccc3)c2F)CC1. The standard InChI is InChI=1S/C22H28FNO3/c1-20(2,25)21(3,4)27-24-22(13-14-22)17-11-8-12-18(19(17)23)26-15-16-9-6-5-7-10-16/h5-12,24-25H,13-15H2,1-4H3. The molecule has 4 nitrogen and oxygen atoms in total. The van der Waals surface area contributed by atoms with Crippen molar-refractivity contribution in [2.24, 2.45) is 0 Å². The van der Waals surface area contributed by atoms with Crippen molar-refractivity contribution in [2.75, 3.05) is 0 Å². The van der Waals surface area contributed by atoms with Gasteiger partial charge in [-0.05, 0) is 52.2 Å². The molecular formula is C22H28FNO3. The number of benzene rings is 2. The Balaban J connectivity index is 1.73. The number of rotatable bonds is 8. The van der Waals surface area contributed by atoms with Gasteiger partial charge in [0.15, 0.2) is 11.6 Å². The molecule has 0 aromatic heterocycles. The van der Waals surface area contributed by atoms with E-state index in [4.69, 9.17) is 9.57 Å². The minimum atomic E-state index is -1.05. The summed E-state index contributed by atoms with van der Waals surface area (Å²) in [5.74, 6) is -0.144. The number of ether oxygens (including phenoxy) is 1. The maximum atomic E-state index is 15.1. The molecule has 146 valence electrons. The first-order valence-corrected chi connectivity index (χ1v) is 9.28. The van der Waals surface area contributed by atoms with Crippen molar-refractivity contribution in [3.05, 3.63) is 65.5 Å². The van der Waals surface area contributed by atoms with Crippen LogP contribution in [0.5, 0.6) is 5.75 Å². The van der Waals surface area contributed by atoms with Gasteiger partial charge in [-0.15, -0.1) is 0 Å². The summed E-state index contributed by atoms with van der Waals surface area (Å²) in [7, 11) is 0. The van der Waals surface area contributed by atoms with Crippen LogP contribution in [-0.4, -0.2) is 16.3 Å². The Hall–Kier alpha value is -1.95. The van der Waals surface area contributed by atoms with Gasteiger partial charge in [0, 0.05) is 5.56 Å². The molecule has 2 aromatic carbocycles. The summed E-state index contributed by atoms with van der Waals surface area (Å²) in [5.41, 5.74) is 2.07. The number of hydrogen-bond acceptors (Lipinski definition) is 4. The van der Waals surface area contributed by atoms with E-state index in [0.29, 0.717) is 12.2 Å². The molecule has 0 spiro atoms. The summed E-state index contributed by atoms with van der Waals surface area (Å²) < 4.78 is 20.8. The predicted molar refractivity (Wildman–Crippen MR) is 103 cm³/mol. The van der Waals surface area contributed by atoms with Gasteiger partial charge in [-0.1, -0.05) is 42.5 Å². The van der Waals surface area contributed by atoms with E-state index in [1.54, 1.807) is 45.9 Å². The molecule has 1 saturated carbocycles. The zero-order valence-electron chi connectivity index (χ0n) is 16.4. The van der Waals surface area contributed by atoms with Gasteiger partial charge in [0.25, 0.3) is 0 Å². The molecule has 0 unspecified atom stereocenters. The Morgan fingerprint density at radius 3 is 2.30 bits per heavy atom. The zero-order valence-corrected chi connectivity index (χ0v) is 16.4. The highest BCUT2D eigenvalue weighted by atomic mass is 19.1. The van der Waals surface area contributed by atoms with Crippen LogP contribution in [0.1, 0.15) is 51.7 Å². The lowest BCUT2D eigenvalue weighted by molar-refractivity contribution is -0.194. The van der Waals surface area contributed by atoms with Crippen LogP contribution in [0, 0.1) is 5.82 Å². The number of hydroxylamine groups is 1. The molecule has 0 aliphatic heterocycles. The second-order valence-electron chi connectivity index (χ2n) is 8.25. The summed E-state index contributed by atoms with van der Waals surface area (Å²) in [6.45, 7) is 7.28. The fraction of sp³-hybridized carbons (Fsp3) is 0.455. The quantitative estimate of drug-likeness (QED) is 0.671. The lowest BCUT2D eigenvalue weighted by Crippen LogP contribution is -2.51. The van der Waals surface area contributed by atoms with Crippen molar-refractivity contribution < 1.29 is 19.1 Å². The molecule has 2 N–H and O–H groups in total. The largest absolute Gasteiger partial charge is 0.486 e. The van der Waals surface area contributed by atoms with E-state index >= 15 is 4.39 Å². The van der Waals surface area contributed by atoms with Gasteiger partial charge in [0.2, 0.25) is 0 Å². The van der Waals surface area contributed by atoms with Crippen molar-refractivity contribution in [2.45, 2.75) is 63.9 Å². The van der Waals surface area contributed by atoms with E-state index in [0.717, 1.165) is 18.4 Å². The number of nitrogens with one attached hydrogen (secondary N) is 1. The Morgan fingerprint density at radius 2 is 1.70 bits per heavy atom. The third-order valence-corrected chi connectivity index (χ3v) is 5.44. The minimum absolute atomic E-state index is 0.228. The maximum absolute atomic E-state index is 15.1. The molecule has 2 aromatic rings. The topological polar surface area (TPSA) is 50.7 Å². The smallest absolute Gasteiger partial charge is 0.170 e. The first-order chi connectivity index (χ1) is 12.6. The van der Waals surface area contributed by atoms with Crippen molar-refractivity contribution in [1.82, 2.24) is 5.48 Å². The van der Waals surface area contributed by atoms with Gasteiger partial charge in [-0.25, -0.2) is 4.39 Å². The van der Waals surface area contributed by atoms with Crippen LogP contribution >= 0.6 is 0 Å². The second kappa shape index (κ2) is 7.23. The van der Waals surface area contributed by atoms with Gasteiger partial charge in [-0.2, -0.15) is 5.48 Å². The second-order valence-corrected chi connectivity index (χ2v) is 8.25. The highest BCUT2D eigenvalue weighted by Gasteiger charge is 2.49. The highest BCUT2D eigenvalue weighted by molar-refractivity contribution is 5.38. The van der Waals surface area contributed by atoms with Crippen molar-refractivity contribution >= 4 is 0 Å². The van der Waals surface area contributed by atoms with Crippen LogP contribution in [0.15, 0.2) is 48.5 Å². The molecule has 0 atom stereocenters. The average molecular weight is 373 g/mol. The number of aliphatic hydroxyl groups is 1. The van der Waals surface area contributed by atoms with E-state index < -0.39 is 16.7 Å². The molecule has 5 heteroatoms. The third kappa shape index (κ3) is 4.32. The lowest BCUT2D eigenvalue weighted by atomic mass is 9.90. The molecule has 0 heterocycles. The van der Waals surface area contributed by atoms with Crippen LogP contribution in [0.4, 0.5) is 4.39 Å². The monoisotopic (exact) mass is 373 g/mol. The fourth-order valence-electron chi connectivity index (χ4n) is 2.63. The Kier molecular flexibility index (Phi) is 5.30. The zero-order chi connectivity index (χ0) is 19.7. The number of halogens is 1. The summed E-state index contributed by atoms with van der Waals surface area (Å²) in [5, 5.41) is 10.3. The minimum Gasteiger partial charge on any atom is -0.486 e. The van der Waals surface area contributed by atoms with Crippen molar-refractivity contribution in [3.63, 3.8) is 0 Å². The van der Waals surface area contributed by atoms with E-state index in [2.05, 4.69) is 5.48 Å².